The third kappa shape index (κ3) is 4.68. The number of hydrogen-bond donors (Lipinski definition) is 3. The van der Waals surface area contributed by atoms with Crippen molar-refractivity contribution in [3.63, 3.8) is 0 Å². The Kier molecular flexibility index (Phi) is 6.29. The number of aromatic nitrogens is 4. The minimum Gasteiger partial charge on any atom is -0.480 e. The Morgan fingerprint density at radius 3 is 2.84 bits per heavy atom. The standard InChI is InChI=1S/C22H26ClN7O2/c1-12-7-13(2)26-20(31)15(12)9-24-19-16(23)10-25-22(29-19)28-18-8-14-11-30(3)6-5-17(14)27-21(18)32-4/h7-8,10H,5-6,9,11H2,1-4H3,(H,26,31)(H2,24,25,28,29). The largest absolute Gasteiger partial charge is 0.480 e. The molecular weight excluding hydrogens is 430 g/mol. The minimum atomic E-state index is -0.131. The molecule has 0 aromatic carbocycles. The summed E-state index contributed by atoms with van der Waals surface area (Å²) >= 11 is 6.30. The van der Waals surface area contributed by atoms with Crippen molar-refractivity contribution in [2.75, 3.05) is 31.3 Å². The highest BCUT2D eigenvalue weighted by molar-refractivity contribution is 6.32. The fraction of sp³-hybridized carbons (Fsp3) is 0.364. The highest BCUT2D eigenvalue weighted by Gasteiger charge is 2.19. The number of pyridine rings is 2. The molecule has 1 aliphatic heterocycles. The maximum Gasteiger partial charge on any atom is 0.253 e. The second-order valence-corrected chi connectivity index (χ2v) is 8.36. The van der Waals surface area contributed by atoms with E-state index >= 15 is 0 Å². The molecular formula is C22H26ClN7O2. The molecule has 10 heteroatoms. The molecule has 0 atom stereocenters. The van der Waals surface area contributed by atoms with Gasteiger partial charge in [-0.15, -0.1) is 0 Å². The summed E-state index contributed by atoms with van der Waals surface area (Å²) in [6.07, 6.45) is 2.39. The van der Waals surface area contributed by atoms with Gasteiger partial charge in [-0.3, -0.25) is 4.79 Å². The lowest BCUT2D eigenvalue weighted by Gasteiger charge is -2.25. The van der Waals surface area contributed by atoms with E-state index < -0.39 is 0 Å². The first-order chi connectivity index (χ1) is 15.3. The van der Waals surface area contributed by atoms with Gasteiger partial charge in [-0.25, -0.2) is 9.97 Å². The molecule has 0 radical (unpaired) electrons. The van der Waals surface area contributed by atoms with Crippen molar-refractivity contribution in [2.24, 2.45) is 0 Å². The predicted molar refractivity (Wildman–Crippen MR) is 125 cm³/mol. The summed E-state index contributed by atoms with van der Waals surface area (Å²) in [6.45, 7) is 5.83. The molecule has 9 nitrogen and oxygen atoms in total. The fourth-order valence-electron chi connectivity index (χ4n) is 3.78. The summed E-state index contributed by atoms with van der Waals surface area (Å²) in [4.78, 5) is 30.8. The number of aryl methyl sites for hydroxylation is 2. The number of rotatable bonds is 6. The summed E-state index contributed by atoms with van der Waals surface area (Å²) in [5.74, 6) is 1.26. The Morgan fingerprint density at radius 2 is 2.09 bits per heavy atom. The van der Waals surface area contributed by atoms with E-state index in [1.165, 1.54) is 6.20 Å². The summed E-state index contributed by atoms with van der Waals surface area (Å²) in [5, 5.41) is 6.69. The van der Waals surface area contributed by atoms with Crippen LogP contribution in [-0.2, 0) is 19.5 Å². The average molecular weight is 456 g/mol. The van der Waals surface area contributed by atoms with Crippen molar-refractivity contribution in [1.29, 1.82) is 0 Å². The molecule has 0 amide bonds. The Morgan fingerprint density at radius 1 is 1.28 bits per heavy atom. The van der Waals surface area contributed by atoms with E-state index in [2.05, 4.69) is 42.5 Å². The van der Waals surface area contributed by atoms with Gasteiger partial charge in [-0.05, 0) is 44.2 Å². The fourth-order valence-corrected chi connectivity index (χ4v) is 3.94. The number of methoxy groups -OCH3 is 1. The number of halogens is 1. The summed E-state index contributed by atoms with van der Waals surface area (Å²) in [7, 11) is 3.67. The maximum atomic E-state index is 12.3. The quantitative estimate of drug-likeness (QED) is 0.520. The van der Waals surface area contributed by atoms with Crippen LogP contribution in [0.5, 0.6) is 5.88 Å². The first-order valence-electron chi connectivity index (χ1n) is 10.3. The van der Waals surface area contributed by atoms with E-state index in [1.807, 2.05) is 26.0 Å². The normalized spacial score (nSPS) is 13.5. The van der Waals surface area contributed by atoms with Crippen molar-refractivity contribution >= 4 is 29.1 Å². The first kappa shape index (κ1) is 22.0. The van der Waals surface area contributed by atoms with Crippen LogP contribution in [-0.4, -0.2) is 45.5 Å². The van der Waals surface area contributed by atoms with Gasteiger partial charge in [0, 0.05) is 37.3 Å². The van der Waals surface area contributed by atoms with Crippen molar-refractivity contribution < 1.29 is 4.74 Å². The van der Waals surface area contributed by atoms with Crippen LogP contribution in [0.4, 0.5) is 17.5 Å². The molecule has 0 bridgehead atoms. The van der Waals surface area contributed by atoms with Gasteiger partial charge in [0.25, 0.3) is 5.56 Å². The number of anilines is 3. The molecule has 1 aliphatic rings. The monoisotopic (exact) mass is 455 g/mol. The third-order valence-corrected chi connectivity index (χ3v) is 5.71. The molecule has 3 aromatic rings. The van der Waals surface area contributed by atoms with Crippen LogP contribution >= 0.6 is 11.6 Å². The number of hydrogen-bond acceptors (Lipinski definition) is 8. The number of ether oxygens (including phenoxy) is 1. The average Bonchev–Trinajstić information content (AvgIpc) is 2.74. The molecule has 4 rings (SSSR count). The zero-order valence-corrected chi connectivity index (χ0v) is 19.3. The predicted octanol–water partition coefficient (Wildman–Crippen LogP) is 3.18. The number of H-pyrrole nitrogens is 1. The van der Waals surface area contributed by atoms with Crippen LogP contribution in [0, 0.1) is 13.8 Å². The van der Waals surface area contributed by atoms with E-state index in [1.54, 1.807) is 7.11 Å². The lowest BCUT2D eigenvalue weighted by molar-refractivity contribution is 0.307. The van der Waals surface area contributed by atoms with Gasteiger partial charge in [0.15, 0.2) is 5.82 Å². The minimum absolute atomic E-state index is 0.131. The lowest BCUT2D eigenvalue weighted by atomic mass is 10.1. The van der Waals surface area contributed by atoms with Crippen molar-refractivity contribution in [3.8, 4) is 5.88 Å². The van der Waals surface area contributed by atoms with Gasteiger partial charge < -0.3 is 25.3 Å². The highest BCUT2D eigenvalue weighted by Crippen LogP contribution is 2.30. The zero-order valence-electron chi connectivity index (χ0n) is 18.5. The molecule has 0 fully saturated rings. The Labute approximate surface area is 191 Å². The molecule has 0 saturated carbocycles. The molecule has 0 aliphatic carbocycles. The van der Waals surface area contributed by atoms with Crippen LogP contribution in [0.1, 0.15) is 28.1 Å². The zero-order chi connectivity index (χ0) is 22.8. The van der Waals surface area contributed by atoms with Crippen LogP contribution in [0.15, 0.2) is 23.1 Å². The number of likely N-dealkylation sites (N-methyl/N-ethyl adjacent to an activating group) is 1. The smallest absolute Gasteiger partial charge is 0.253 e. The number of fused-ring (bicyclic) bond motifs is 1. The van der Waals surface area contributed by atoms with E-state index in [0.29, 0.717) is 33.9 Å². The van der Waals surface area contributed by atoms with Gasteiger partial charge in [-0.1, -0.05) is 11.6 Å². The second-order valence-electron chi connectivity index (χ2n) is 7.95. The van der Waals surface area contributed by atoms with Gasteiger partial charge in [0.1, 0.15) is 10.7 Å². The van der Waals surface area contributed by atoms with Crippen LogP contribution in [0.3, 0.4) is 0 Å². The molecule has 4 heterocycles. The van der Waals surface area contributed by atoms with E-state index in [4.69, 9.17) is 16.3 Å². The molecule has 3 aromatic heterocycles. The van der Waals surface area contributed by atoms with Crippen LogP contribution < -0.4 is 20.9 Å². The third-order valence-electron chi connectivity index (χ3n) is 5.44. The molecule has 0 unspecified atom stereocenters. The van der Waals surface area contributed by atoms with Crippen LogP contribution in [0.25, 0.3) is 0 Å². The van der Waals surface area contributed by atoms with Crippen molar-refractivity contribution in [1.82, 2.24) is 24.8 Å². The van der Waals surface area contributed by atoms with Crippen molar-refractivity contribution in [3.05, 3.63) is 61.8 Å². The molecule has 0 spiro atoms. The van der Waals surface area contributed by atoms with Gasteiger partial charge in [0.2, 0.25) is 11.8 Å². The van der Waals surface area contributed by atoms with Crippen LogP contribution in [0.2, 0.25) is 5.02 Å². The molecule has 0 saturated heterocycles. The first-order valence-corrected chi connectivity index (χ1v) is 10.7. The van der Waals surface area contributed by atoms with Crippen molar-refractivity contribution in [2.45, 2.75) is 33.4 Å². The SMILES string of the molecule is COc1nc2c(cc1Nc1ncc(Cl)c(NCc3c(C)cc(C)[nH]c3=O)n1)CN(C)CC2. The Hall–Kier alpha value is -3.17. The number of nitrogens with one attached hydrogen (secondary N) is 3. The molecule has 168 valence electrons. The maximum absolute atomic E-state index is 12.3. The second kappa shape index (κ2) is 9.13. The van der Waals surface area contributed by atoms with E-state index in [9.17, 15) is 4.79 Å². The van der Waals surface area contributed by atoms with Gasteiger partial charge >= 0.3 is 0 Å². The molecule has 3 N–H and O–H groups in total. The summed E-state index contributed by atoms with van der Waals surface area (Å²) in [5.41, 5.74) is 5.09. The van der Waals surface area contributed by atoms with Gasteiger partial charge in [0.05, 0.1) is 19.0 Å². The topological polar surface area (TPSA) is 108 Å². The number of aromatic amines is 1. The number of nitrogens with zero attached hydrogens (tertiary/aromatic N) is 4. The lowest BCUT2D eigenvalue weighted by Crippen LogP contribution is -2.27. The van der Waals surface area contributed by atoms with E-state index in [0.717, 1.165) is 42.0 Å². The van der Waals surface area contributed by atoms with E-state index in [-0.39, 0.29) is 12.1 Å². The Bertz CT molecular complexity index is 1210. The van der Waals surface area contributed by atoms with Gasteiger partial charge in [-0.2, -0.15) is 4.98 Å². The Balaban J connectivity index is 1.57. The molecule has 32 heavy (non-hydrogen) atoms. The summed E-state index contributed by atoms with van der Waals surface area (Å²) in [6, 6.07) is 3.96. The highest BCUT2D eigenvalue weighted by atomic mass is 35.5. The summed E-state index contributed by atoms with van der Waals surface area (Å²) < 4.78 is 5.48.